The Morgan fingerprint density at radius 3 is 2.30 bits per heavy atom. The van der Waals surface area contributed by atoms with E-state index in [2.05, 4.69) is 0 Å². The third kappa shape index (κ3) is 4.72. The van der Waals surface area contributed by atoms with Crippen LogP contribution in [-0.2, 0) is 27.5 Å². The molecule has 1 fully saturated rings. The standard InChI is InChI=1S/C19H17F3N4O3S/c20-19(21,22)16-9-15(5-6-17(16)30(24,28)29)25-7-8-26(18(27)12-25)11-14-3-1-13(10-23)2-4-14/h1-6,9H,7-8,11-12H2,(H2,24,28,29). The number of hydrogen-bond donors (Lipinski definition) is 1. The summed E-state index contributed by atoms with van der Waals surface area (Å²) in [5.41, 5.74) is 0.0435. The Bertz CT molecular complexity index is 1110. The van der Waals surface area contributed by atoms with Gasteiger partial charge in [-0.3, -0.25) is 4.79 Å². The highest BCUT2D eigenvalue weighted by atomic mass is 32.2. The van der Waals surface area contributed by atoms with Gasteiger partial charge >= 0.3 is 6.18 Å². The Balaban J connectivity index is 1.78. The molecule has 2 aromatic carbocycles. The minimum absolute atomic E-state index is 0.0844. The molecule has 0 saturated carbocycles. The number of carbonyl (C=O) groups is 1. The second kappa shape index (κ2) is 7.97. The van der Waals surface area contributed by atoms with Gasteiger partial charge in [-0.05, 0) is 35.9 Å². The zero-order chi connectivity index (χ0) is 22.1. The molecule has 0 spiro atoms. The monoisotopic (exact) mass is 438 g/mol. The zero-order valence-corrected chi connectivity index (χ0v) is 16.4. The lowest BCUT2D eigenvalue weighted by Gasteiger charge is -2.36. The Labute approximate surface area is 171 Å². The minimum Gasteiger partial charge on any atom is -0.360 e. The zero-order valence-electron chi connectivity index (χ0n) is 15.6. The number of anilines is 1. The number of alkyl halides is 3. The number of halogens is 3. The van der Waals surface area contributed by atoms with Crippen LogP contribution in [0.1, 0.15) is 16.7 Å². The number of hydrogen-bond acceptors (Lipinski definition) is 5. The van der Waals surface area contributed by atoms with Crippen LogP contribution in [0, 0.1) is 11.3 Å². The molecule has 0 atom stereocenters. The Morgan fingerprint density at radius 2 is 1.77 bits per heavy atom. The van der Waals surface area contributed by atoms with Gasteiger partial charge < -0.3 is 9.80 Å². The van der Waals surface area contributed by atoms with Crippen LogP contribution >= 0.6 is 0 Å². The molecule has 0 bridgehead atoms. The molecule has 3 rings (SSSR count). The summed E-state index contributed by atoms with van der Waals surface area (Å²) in [5.74, 6) is -0.283. The molecule has 0 radical (unpaired) electrons. The van der Waals surface area contributed by atoms with Gasteiger partial charge in [-0.25, -0.2) is 13.6 Å². The SMILES string of the molecule is N#Cc1ccc(CN2CCN(c3ccc(S(N)(=O)=O)c(C(F)(F)F)c3)CC2=O)cc1. The summed E-state index contributed by atoms with van der Waals surface area (Å²) < 4.78 is 62.9. The molecule has 30 heavy (non-hydrogen) atoms. The van der Waals surface area contributed by atoms with Crippen LogP contribution in [-0.4, -0.2) is 38.9 Å². The highest BCUT2D eigenvalue weighted by Gasteiger charge is 2.37. The van der Waals surface area contributed by atoms with Crippen molar-refractivity contribution in [3.63, 3.8) is 0 Å². The maximum atomic E-state index is 13.3. The number of benzene rings is 2. The molecule has 1 aliphatic heterocycles. The highest BCUT2D eigenvalue weighted by Crippen LogP contribution is 2.36. The third-order valence-corrected chi connectivity index (χ3v) is 5.68. The van der Waals surface area contributed by atoms with E-state index < -0.39 is 26.7 Å². The van der Waals surface area contributed by atoms with Crippen molar-refractivity contribution in [1.29, 1.82) is 5.26 Å². The first-order valence-electron chi connectivity index (χ1n) is 8.75. The Kier molecular flexibility index (Phi) is 5.74. The predicted octanol–water partition coefficient (Wildman–Crippen LogP) is 2.07. The fourth-order valence-corrected chi connectivity index (χ4v) is 3.92. The molecule has 7 nitrogen and oxygen atoms in total. The molecule has 2 aromatic rings. The van der Waals surface area contributed by atoms with Crippen LogP contribution in [0.2, 0.25) is 0 Å². The van der Waals surface area contributed by atoms with E-state index in [1.54, 1.807) is 29.2 Å². The number of amides is 1. The van der Waals surface area contributed by atoms with Gasteiger partial charge in [-0.2, -0.15) is 18.4 Å². The van der Waals surface area contributed by atoms with E-state index in [1.807, 2.05) is 6.07 Å². The summed E-state index contributed by atoms with van der Waals surface area (Å²) in [5, 5.41) is 13.7. The molecule has 0 aromatic heterocycles. The average Bonchev–Trinajstić information content (AvgIpc) is 2.68. The van der Waals surface area contributed by atoms with Crippen LogP contribution < -0.4 is 10.0 Å². The van der Waals surface area contributed by atoms with E-state index in [1.165, 1.54) is 11.0 Å². The van der Waals surface area contributed by atoms with E-state index in [0.717, 1.165) is 11.6 Å². The molecule has 0 unspecified atom stereocenters. The molecule has 11 heteroatoms. The number of sulfonamides is 1. The van der Waals surface area contributed by atoms with E-state index in [0.29, 0.717) is 18.2 Å². The quantitative estimate of drug-likeness (QED) is 0.787. The molecule has 2 N–H and O–H groups in total. The number of rotatable bonds is 4. The summed E-state index contributed by atoms with van der Waals surface area (Å²) >= 11 is 0. The third-order valence-electron chi connectivity index (χ3n) is 4.72. The molecule has 1 aliphatic rings. The van der Waals surface area contributed by atoms with Crippen molar-refractivity contribution >= 4 is 21.6 Å². The lowest BCUT2D eigenvalue weighted by atomic mass is 10.1. The van der Waals surface area contributed by atoms with Crippen molar-refractivity contribution in [2.24, 2.45) is 5.14 Å². The second-order valence-corrected chi connectivity index (χ2v) is 8.30. The van der Waals surface area contributed by atoms with E-state index >= 15 is 0 Å². The van der Waals surface area contributed by atoms with Crippen molar-refractivity contribution in [2.75, 3.05) is 24.5 Å². The Hall–Kier alpha value is -3.10. The van der Waals surface area contributed by atoms with E-state index in [-0.39, 0.29) is 31.2 Å². The van der Waals surface area contributed by atoms with Crippen LogP contribution in [0.4, 0.5) is 18.9 Å². The predicted molar refractivity (Wildman–Crippen MR) is 102 cm³/mol. The van der Waals surface area contributed by atoms with E-state index in [9.17, 15) is 26.4 Å². The first-order valence-corrected chi connectivity index (χ1v) is 10.3. The first kappa shape index (κ1) is 21.6. The number of nitrogens with two attached hydrogens (primary N) is 1. The fraction of sp³-hybridized carbons (Fsp3) is 0.263. The van der Waals surface area contributed by atoms with Crippen molar-refractivity contribution in [2.45, 2.75) is 17.6 Å². The van der Waals surface area contributed by atoms with Crippen molar-refractivity contribution in [1.82, 2.24) is 4.90 Å². The summed E-state index contributed by atoms with van der Waals surface area (Å²) in [4.78, 5) is 14.5. The van der Waals surface area contributed by atoms with Gasteiger partial charge in [0.1, 0.15) is 0 Å². The second-order valence-electron chi connectivity index (χ2n) is 6.77. The van der Waals surface area contributed by atoms with Crippen molar-refractivity contribution in [3.05, 3.63) is 59.2 Å². The topological polar surface area (TPSA) is 108 Å². The number of nitriles is 1. The minimum atomic E-state index is -4.92. The largest absolute Gasteiger partial charge is 0.417 e. The number of carbonyl (C=O) groups excluding carboxylic acids is 1. The molecule has 1 heterocycles. The maximum Gasteiger partial charge on any atom is 0.417 e. The van der Waals surface area contributed by atoms with Gasteiger partial charge in [0.25, 0.3) is 0 Å². The van der Waals surface area contributed by atoms with Gasteiger partial charge in [-0.1, -0.05) is 12.1 Å². The molecular weight excluding hydrogens is 421 g/mol. The number of piperazine rings is 1. The smallest absolute Gasteiger partial charge is 0.360 e. The van der Waals surface area contributed by atoms with Gasteiger partial charge in [0.15, 0.2) is 0 Å². The van der Waals surface area contributed by atoms with Gasteiger partial charge in [0, 0.05) is 25.3 Å². The summed E-state index contributed by atoms with van der Waals surface area (Å²) in [6.45, 7) is 0.712. The summed E-state index contributed by atoms with van der Waals surface area (Å²) in [6, 6.07) is 11.5. The number of primary sulfonamides is 1. The van der Waals surface area contributed by atoms with Crippen LogP contribution in [0.15, 0.2) is 47.4 Å². The fourth-order valence-electron chi connectivity index (χ4n) is 3.19. The lowest BCUT2D eigenvalue weighted by Crippen LogP contribution is -2.50. The van der Waals surface area contributed by atoms with Crippen LogP contribution in [0.25, 0.3) is 0 Å². The van der Waals surface area contributed by atoms with Crippen molar-refractivity contribution in [3.8, 4) is 6.07 Å². The number of nitrogens with zero attached hydrogens (tertiary/aromatic N) is 3. The first-order chi connectivity index (χ1) is 14.0. The van der Waals surface area contributed by atoms with Crippen molar-refractivity contribution < 1.29 is 26.4 Å². The normalized spacial score (nSPS) is 15.2. The van der Waals surface area contributed by atoms with Gasteiger partial charge in [-0.15, -0.1) is 0 Å². The summed E-state index contributed by atoms with van der Waals surface area (Å²) in [7, 11) is -4.56. The lowest BCUT2D eigenvalue weighted by molar-refractivity contribution is -0.139. The Morgan fingerprint density at radius 1 is 1.10 bits per heavy atom. The molecular formula is C19H17F3N4O3S. The molecule has 1 amide bonds. The average molecular weight is 438 g/mol. The molecule has 158 valence electrons. The molecule has 1 saturated heterocycles. The van der Waals surface area contributed by atoms with Gasteiger partial charge in [0.2, 0.25) is 15.9 Å². The van der Waals surface area contributed by atoms with Crippen LogP contribution in [0.3, 0.4) is 0 Å². The van der Waals surface area contributed by atoms with E-state index in [4.69, 9.17) is 10.4 Å². The van der Waals surface area contributed by atoms with Gasteiger partial charge in [0.05, 0.1) is 28.6 Å². The molecule has 0 aliphatic carbocycles. The summed E-state index contributed by atoms with van der Waals surface area (Å²) in [6.07, 6.45) is -4.92. The maximum absolute atomic E-state index is 13.3. The van der Waals surface area contributed by atoms with Crippen LogP contribution in [0.5, 0.6) is 0 Å². The highest BCUT2D eigenvalue weighted by molar-refractivity contribution is 7.89.